The van der Waals surface area contributed by atoms with Crippen LogP contribution in [-0.2, 0) is 15.9 Å². The largest absolute Gasteiger partial charge is 0.375 e. The van der Waals surface area contributed by atoms with Crippen LogP contribution in [0.15, 0.2) is 78.9 Å². The molecule has 1 aliphatic carbocycles. The van der Waals surface area contributed by atoms with Crippen LogP contribution in [0.4, 0.5) is 0 Å². The predicted molar refractivity (Wildman–Crippen MR) is 162 cm³/mol. The first-order valence-corrected chi connectivity index (χ1v) is 14.6. The van der Waals surface area contributed by atoms with E-state index in [1.165, 1.54) is 0 Å². The summed E-state index contributed by atoms with van der Waals surface area (Å²) in [4.78, 5) is 29.2. The first-order valence-electron chi connectivity index (χ1n) is 14.6. The Hall–Kier alpha value is -4.46. The van der Waals surface area contributed by atoms with Crippen LogP contribution >= 0.6 is 0 Å². The Morgan fingerprint density at radius 2 is 1.50 bits per heavy atom. The smallest absolute Gasteiger partial charge is 0.253 e. The zero-order valence-corrected chi connectivity index (χ0v) is 23.4. The standard InChI is InChI=1S/C35H29N3O4/c1-36(34(40)19-10-4-3-5-11-19)25-18-27-37-23-14-8-7-13-21(23)30-29-22(16-17-26(29)39)28-20-12-6-9-15-24(20)38(31(28)32(30)37)35(42-27)33(25)41-2/h3-15,25,27,33,35H,16-18H2,1-2H3/t25-,27-,33-,35+/m1/s1. The number of methoxy groups -OCH3 is 1. The average Bonchev–Trinajstić information content (AvgIpc) is 3.67. The summed E-state index contributed by atoms with van der Waals surface area (Å²) in [7, 11) is 3.58. The van der Waals surface area contributed by atoms with Crippen LogP contribution in [0, 0.1) is 0 Å². The molecule has 7 heteroatoms. The van der Waals surface area contributed by atoms with Crippen molar-refractivity contribution in [3.8, 4) is 0 Å². The van der Waals surface area contributed by atoms with Gasteiger partial charge in [0, 0.05) is 59.7 Å². The Morgan fingerprint density at radius 1 is 0.857 bits per heavy atom. The molecule has 0 spiro atoms. The second kappa shape index (κ2) is 8.53. The Bertz CT molecular complexity index is 2120. The second-order valence-corrected chi connectivity index (χ2v) is 11.8. The fourth-order valence-electron chi connectivity index (χ4n) is 8.10. The van der Waals surface area contributed by atoms with Crippen molar-refractivity contribution in [2.45, 2.75) is 43.9 Å². The summed E-state index contributed by atoms with van der Waals surface area (Å²) in [6.45, 7) is 0. The van der Waals surface area contributed by atoms with E-state index in [9.17, 15) is 9.59 Å². The van der Waals surface area contributed by atoms with Gasteiger partial charge >= 0.3 is 0 Å². The molecule has 4 heterocycles. The molecule has 1 amide bonds. The van der Waals surface area contributed by atoms with Crippen LogP contribution in [0.3, 0.4) is 0 Å². The van der Waals surface area contributed by atoms with Gasteiger partial charge in [0.05, 0.1) is 28.1 Å². The molecule has 6 aromatic rings. The number of Topliss-reactive ketones (excluding diaryl/α,β-unsaturated/α-hetero) is 1. The summed E-state index contributed by atoms with van der Waals surface area (Å²) in [6.07, 6.45) is 0.543. The number of hydrogen-bond acceptors (Lipinski definition) is 4. The minimum absolute atomic E-state index is 0.0478. The minimum Gasteiger partial charge on any atom is -0.375 e. The van der Waals surface area contributed by atoms with Gasteiger partial charge in [-0.3, -0.25) is 9.59 Å². The van der Waals surface area contributed by atoms with E-state index in [0.717, 1.165) is 61.2 Å². The number of fused-ring (bicyclic) bond motifs is 13. The lowest BCUT2D eigenvalue weighted by atomic mass is 9.97. The van der Waals surface area contributed by atoms with E-state index in [1.807, 2.05) is 54.4 Å². The molecule has 0 radical (unpaired) electrons. The van der Waals surface area contributed by atoms with E-state index in [4.69, 9.17) is 9.47 Å². The van der Waals surface area contributed by atoms with Gasteiger partial charge in [-0.2, -0.15) is 0 Å². The van der Waals surface area contributed by atoms with E-state index < -0.39 is 12.3 Å². The molecule has 0 unspecified atom stereocenters. The minimum atomic E-state index is -0.482. The number of para-hydroxylation sites is 2. The Balaban J connectivity index is 1.40. The van der Waals surface area contributed by atoms with E-state index in [2.05, 4.69) is 45.5 Å². The van der Waals surface area contributed by atoms with Crippen LogP contribution in [0.25, 0.3) is 43.6 Å². The van der Waals surface area contributed by atoms with Crippen molar-refractivity contribution in [2.24, 2.45) is 0 Å². The molecule has 0 N–H and O–H groups in total. The number of ketones is 1. The Labute approximate surface area is 241 Å². The fourth-order valence-corrected chi connectivity index (χ4v) is 8.10. The van der Waals surface area contributed by atoms with Gasteiger partial charge in [0.2, 0.25) is 0 Å². The first-order chi connectivity index (χ1) is 20.6. The monoisotopic (exact) mass is 555 g/mol. The molecule has 2 aliphatic heterocycles. The van der Waals surface area contributed by atoms with Crippen molar-refractivity contribution in [1.29, 1.82) is 0 Å². The van der Waals surface area contributed by atoms with Crippen molar-refractivity contribution in [3.63, 3.8) is 0 Å². The lowest BCUT2D eigenvalue weighted by molar-refractivity contribution is -0.203. The van der Waals surface area contributed by atoms with Crippen LogP contribution < -0.4 is 0 Å². The molecule has 9 rings (SSSR count). The Morgan fingerprint density at radius 3 is 2.24 bits per heavy atom. The molecule has 1 fully saturated rings. The number of benzene rings is 4. The molecule has 4 atom stereocenters. The van der Waals surface area contributed by atoms with Crippen LogP contribution in [0.2, 0.25) is 0 Å². The third-order valence-corrected chi connectivity index (χ3v) is 9.83. The van der Waals surface area contributed by atoms with Crippen LogP contribution in [0.1, 0.15) is 51.6 Å². The third kappa shape index (κ3) is 2.92. The first kappa shape index (κ1) is 24.2. The summed E-state index contributed by atoms with van der Waals surface area (Å²) in [5.74, 6) is 0.161. The number of ether oxygens (including phenoxy) is 2. The molecule has 3 aliphatic rings. The summed E-state index contributed by atoms with van der Waals surface area (Å²) < 4.78 is 17.9. The van der Waals surface area contributed by atoms with Gasteiger partial charge in [-0.1, -0.05) is 54.6 Å². The normalized spacial score (nSPS) is 22.9. The number of rotatable bonds is 3. The zero-order valence-electron chi connectivity index (χ0n) is 23.4. The van der Waals surface area contributed by atoms with E-state index >= 15 is 0 Å². The van der Waals surface area contributed by atoms with Crippen LogP contribution in [-0.4, -0.2) is 52.0 Å². The number of aromatic nitrogens is 2. The molecule has 208 valence electrons. The van der Waals surface area contributed by atoms with Gasteiger partial charge in [-0.25, -0.2) is 0 Å². The number of carbonyl (C=O) groups excluding carboxylic acids is 2. The summed E-state index contributed by atoms with van der Waals surface area (Å²) in [5, 5.41) is 4.35. The van der Waals surface area contributed by atoms with E-state index in [-0.39, 0.29) is 24.0 Å². The quantitative estimate of drug-likeness (QED) is 0.246. The molecule has 2 aromatic heterocycles. The van der Waals surface area contributed by atoms with Gasteiger partial charge in [-0.15, -0.1) is 0 Å². The SMILES string of the molecule is CO[C@@H]1[C@H](N(C)C(=O)c2ccccc2)C[C@H]2O[C@@H]1n1c3ccccc3c3c4c(c5c6ccccc6n2c5c31)C(=O)CC4. The lowest BCUT2D eigenvalue weighted by Gasteiger charge is -2.44. The van der Waals surface area contributed by atoms with E-state index in [1.54, 1.807) is 7.11 Å². The molecule has 0 saturated carbocycles. The predicted octanol–water partition coefficient (Wildman–Crippen LogP) is 6.62. The van der Waals surface area contributed by atoms with Gasteiger partial charge in [0.1, 0.15) is 12.3 Å². The van der Waals surface area contributed by atoms with Gasteiger partial charge in [0.25, 0.3) is 5.91 Å². The molecule has 7 nitrogen and oxygen atoms in total. The number of amides is 1. The topological polar surface area (TPSA) is 65.7 Å². The number of aryl methyl sites for hydroxylation is 1. The van der Waals surface area contributed by atoms with Crippen LogP contribution in [0.5, 0.6) is 0 Å². The molecule has 1 saturated heterocycles. The molecular weight excluding hydrogens is 526 g/mol. The Kier molecular flexibility index (Phi) is 4.91. The zero-order chi connectivity index (χ0) is 28.3. The highest BCUT2D eigenvalue weighted by Crippen LogP contribution is 2.53. The highest BCUT2D eigenvalue weighted by molar-refractivity contribution is 6.31. The molecule has 4 aromatic carbocycles. The maximum absolute atomic E-state index is 13.8. The van der Waals surface area contributed by atoms with Crippen molar-refractivity contribution < 1.29 is 19.1 Å². The van der Waals surface area contributed by atoms with Crippen molar-refractivity contribution in [1.82, 2.24) is 14.0 Å². The van der Waals surface area contributed by atoms with Crippen molar-refractivity contribution in [3.05, 3.63) is 95.6 Å². The van der Waals surface area contributed by atoms with Gasteiger partial charge < -0.3 is 23.5 Å². The maximum atomic E-state index is 13.8. The number of carbonyl (C=O) groups is 2. The summed E-state index contributed by atoms with van der Waals surface area (Å²) in [5.41, 5.74) is 6.85. The molecule has 2 bridgehead atoms. The van der Waals surface area contributed by atoms with Crippen molar-refractivity contribution in [2.75, 3.05) is 14.2 Å². The fraction of sp³-hybridized carbons (Fsp3) is 0.257. The average molecular weight is 556 g/mol. The van der Waals surface area contributed by atoms with Crippen molar-refractivity contribution >= 4 is 55.3 Å². The number of likely N-dealkylation sites (N-methyl/N-ethyl adjacent to an activating group) is 1. The number of hydrogen-bond donors (Lipinski definition) is 0. The lowest BCUT2D eigenvalue weighted by Crippen LogP contribution is -2.53. The highest BCUT2D eigenvalue weighted by atomic mass is 16.6. The summed E-state index contributed by atoms with van der Waals surface area (Å²) >= 11 is 0. The third-order valence-electron chi connectivity index (χ3n) is 9.83. The highest BCUT2D eigenvalue weighted by Gasteiger charge is 2.48. The maximum Gasteiger partial charge on any atom is 0.253 e. The second-order valence-electron chi connectivity index (χ2n) is 11.8. The summed E-state index contributed by atoms with van der Waals surface area (Å²) in [6, 6.07) is 25.9. The molecule has 42 heavy (non-hydrogen) atoms. The number of nitrogens with zero attached hydrogens (tertiary/aromatic N) is 3. The molecular formula is C35H29N3O4. The van der Waals surface area contributed by atoms with Gasteiger partial charge in [0.15, 0.2) is 12.0 Å². The van der Waals surface area contributed by atoms with E-state index in [0.29, 0.717) is 18.4 Å². The van der Waals surface area contributed by atoms with Gasteiger partial charge in [-0.05, 0) is 36.2 Å².